The van der Waals surface area contributed by atoms with Crippen molar-refractivity contribution < 1.29 is 9.53 Å². The topological polar surface area (TPSA) is 31.2 Å². The van der Waals surface area contributed by atoms with Crippen molar-refractivity contribution in [3.8, 4) is 11.4 Å². The van der Waals surface area contributed by atoms with Crippen LogP contribution in [0, 0.1) is 6.92 Å². The molecule has 0 aliphatic heterocycles. The van der Waals surface area contributed by atoms with Crippen molar-refractivity contribution in [3.05, 3.63) is 58.7 Å². The van der Waals surface area contributed by atoms with Crippen molar-refractivity contribution in [2.75, 3.05) is 6.61 Å². The van der Waals surface area contributed by atoms with Crippen molar-refractivity contribution in [1.82, 2.24) is 4.57 Å². The van der Waals surface area contributed by atoms with Crippen LogP contribution in [0.2, 0.25) is 5.02 Å². The van der Waals surface area contributed by atoms with Gasteiger partial charge >= 0.3 is 0 Å². The Morgan fingerprint density at radius 1 is 1.22 bits per heavy atom. The predicted molar refractivity (Wildman–Crippen MR) is 94.2 cm³/mol. The third-order valence-electron chi connectivity index (χ3n) is 3.90. The smallest absolute Gasteiger partial charge is 0.162 e. The first-order valence-corrected chi connectivity index (χ1v) is 7.95. The van der Waals surface area contributed by atoms with E-state index < -0.39 is 0 Å². The van der Waals surface area contributed by atoms with E-state index in [1.165, 1.54) is 0 Å². The molecule has 0 radical (unpaired) electrons. The summed E-state index contributed by atoms with van der Waals surface area (Å²) in [6.07, 6.45) is 0. The second-order valence-corrected chi connectivity index (χ2v) is 5.88. The molecule has 1 heterocycles. The third-order valence-corrected chi connectivity index (χ3v) is 4.14. The fourth-order valence-corrected chi connectivity index (χ4v) is 3.23. The van der Waals surface area contributed by atoms with E-state index in [4.69, 9.17) is 16.3 Å². The molecule has 0 unspecified atom stereocenters. The zero-order valence-corrected chi connectivity index (χ0v) is 14.1. The molecule has 0 aliphatic carbocycles. The van der Waals surface area contributed by atoms with Gasteiger partial charge in [-0.3, -0.25) is 4.79 Å². The molecular weight excluding hydrogens is 310 g/mol. The van der Waals surface area contributed by atoms with Crippen molar-refractivity contribution >= 4 is 28.3 Å². The molecule has 0 amide bonds. The SMILES string of the molecule is CCOc1ccc2c(c1)c(C(C)=O)c(C)n2-c1cccc(Cl)c1. The summed E-state index contributed by atoms with van der Waals surface area (Å²) >= 11 is 6.13. The molecule has 3 nitrogen and oxygen atoms in total. The van der Waals surface area contributed by atoms with Crippen molar-refractivity contribution in [1.29, 1.82) is 0 Å². The Bertz CT molecular complexity index is 896. The van der Waals surface area contributed by atoms with E-state index in [0.29, 0.717) is 11.6 Å². The lowest BCUT2D eigenvalue weighted by atomic mass is 10.1. The highest BCUT2D eigenvalue weighted by atomic mass is 35.5. The number of Topliss-reactive ketones (excluding diaryl/α,β-unsaturated/α-hetero) is 1. The molecule has 0 bridgehead atoms. The summed E-state index contributed by atoms with van der Waals surface area (Å²) in [7, 11) is 0. The predicted octanol–water partition coefficient (Wildman–Crippen LogP) is 5.19. The maximum absolute atomic E-state index is 12.2. The van der Waals surface area contributed by atoms with Crippen LogP contribution in [0.4, 0.5) is 0 Å². The molecule has 1 aromatic heterocycles. The van der Waals surface area contributed by atoms with E-state index in [9.17, 15) is 4.79 Å². The second kappa shape index (κ2) is 6.09. The summed E-state index contributed by atoms with van der Waals surface area (Å²) in [6, 6.07) is 13.5. The Morgan fingerprint density at radius 3 is 2.65 bits per heavy atom. The fraction of sp³-hybridized carbons (Fsp3) is 0.211. The molecule has 2 aromatic carbocycles. The van der Waals surface area contributed by atoms with Crippen LogP contribution in [0.3, 0.4) is 0 Å². The number of hydrogen-bond donors (Lipinski definition) is 0. The summed E-state index contributed by atoms with van der Waals surface area (Å²) in [5.41, 5.74) is 3.54. The summed E-state index contributed by atoms with van der Waals surface area (Å²) in [5.74, 6) is 0.813. The van der Waals surface area contributed by atoms with Gasteiger partial charge in [0.25, 0.3) is 0 Å². The third kappa shape index (κ3) is 2.73. The molecule has 0 spiro atoms. The summed E-state index contributed by atoms with van der Waals surface area (Å²) < 4.78 is 7.64. The number of ketones is 1. The minimum atomic E-state index is 0.0435. The van der Waals surface area contributed by atoms with Crippen LogP contribution >= 0.6 is 11.6 Å². The van der Waals surface area contributed by atoms with Crippen molar-refractivity contribution in [3.63, 3.8) is 0 Å². The molecule has 0 saturated heterocycles. The Kier molecular flexibility index (Phi) is 4.14. The van der Waals surface area contributed by atoms with Gasteiger partial charge in [-0.25, -0.2) is 0 Å². The first kappa shape index (κ1) is 15.6. The molecule has 0 aliphatic rings. The van der Waals surface area contributed by atoms with Gasteiger partial charge in [0.05, 0.1) is 12.1 Å². The highest BCUT2D eigenvalue weighted by molar-refractivity contribution is 6.30. The lowest BCUT2D eigenvalue weighted by molar-refractivity contribution is 0.101. The van der Waals surface area contributed by atoms with E-state index in [-0.39, 0.29) is 5.78 Å². The van der Waals surface area contributed by atoms with Crippen LogP contribution in [0.15, 0.2) is 42.5 Å². The van der Waals surface area contributed by atoms with Gasteiger partial charge in [-0.1, -0.05) is 17.7 Å². The standard InChI is InChI=1S/C19H18ClNO2/c1-4-23-16-8-9-18-17(11-16)19(13(3)22)12(2)21(18)15-7-5-6-14(20)10-15/h5-11H,4H2,1-3H3. The lowest BCUT2D eigenvalue weighted by Crippen LogP contribution is -1.99. The molecule has 3 aromatic rings. The Labute approximate surface area is 140 Å². The average molecular weight is 328 g/mol. The maximum Gasteiger partial charge on any atom is 0.162 e. The van der Waals surface area contributed by atoms with E-state index in [0.717, 1.165) is 33.6 Å². The number of nitrogens with zero attached hydrogens (tertiary/aromatic N) is 1. The van der Waals surface area contributed by atoms with Crippen LogP contribution < -0.4 is 4.74 Å². The number of ether oxygens (including phenoxy) is 1. The minimum absolute atomic E-state index is 0.0435. The summed E-state index contributed by atoms with van der Waals surface area (Å²) in [5, 5.41) is 1.57. The first-order valence-electron chi connectivity index (χ1n) is 7.57. The van der Waals surface area contributed by atoms with Gasteiger partial charge in [0.15, 0.2) is 5.78 Å². The second-order valence-electron chi connectivity index (χ2n) is 5.44. The fourth-order valence-electron chi connectivity index (χ4n) is 3.05. The van der Waals surface area contributed by atoms with E-state index in [2.05, 4.69) is 4.57 Å². The molecule has 4 heteroatoms. The van der Waals surface area contributed by atoms with Crippen LogP contribution in [-0.2, 0) is 0 Å². The van der Waals surface area contributed by atoms with Gasteiger partial charge in [-0.05, 0) is 57.2 Å². The van der Waals surface area contributed by atoms with Gasteiger partial charge < -0.3 is 9.30 Å². The van der Waals surface area contributed by atoms with Crippen LogP contribution in [0.5, 0.6) is 5.75 Å². The Balaban J connectivity index is 2.34. The van der Waals surface area contributed by atoms with Gasteiger partial charge in [-0.2, -0.15) is 0 Å². The number of carbonyl (C=O) groups is 1. The molecular formula is C19H18ClNO2. The van der Waals surface area contributed by atoms with Gasteiger partial charge in [-0.15, -0.1) is 0 Å². The normalized spacial score (nSPS) is 11.0. The maximum atomic E-state index is 12.2. The average Bonchev–Trinajstić information content (AvgIpc) is 2.79. The zero-order chi connectivity index (χ0) is 16.6. The molecule has 0 saturated carbocycles. The molecule has 0 fully saturated rings. The quantitative estimate of drug-likeness (QED) is 0.617. The van der Waals surface area contributed by atoms with Gasteiger partial charge in [0.2, 0.25) is 0 Å². The summed E-state index contributed by atoms with van der Waals surface area (Å²) in [6.45, 7) is 6.09. The molecule has 118 valence electrons. The van der Waals surface area contributed by atoms with Crippen molar-refractivity contribution in [2.24, 2.45) is 0 Å². The van der Waals surface area contributed by atoms with Crippen LogP contribution in [-0.4, -0.2) is 17.0 Å². The number of benzene rings is 2. The molecule has 3 rings (SSSR count). The van der Waals surface area contributed by atoms with Crippen LogP contribution in [0.25, 0.3) is 16.6 Å². The van der Waals surface area contributed by atoms with Gasteiger partial charge in [0, 0.05) is 27.4 Å². The van der Waals surface area contributed by atoms with E-state index in [1.807, 2.05) is 56.3 Å². The van der Waals surface area contributed by atoms with Crippen LogP contribution in [0.1, 0.15) is 29.9 Å². The van der Waals surface area contributed by atoms with E-state index >= 15 is 0 Å². The first-order chi connectivity index (χ1) is 11.0. The number of carbonyl (C=O) groups excluding carboxylic acids is 1. The summed E-state index contributed by atoms with van der Waals surface area (Å²) in [4.78, 5) is 12.2. The zero-order valence-electron chi connectivity index (χ0n) is 13.4. The Morgan fingerprint density at radius 2 is 2.00 bits per heavy atom. The largest absolute Gasteiger partial charge is 0.494 e. The lowest BCUT2D eigenvalue weighted by Gasteiger charge is -2.09. The highest BCUT2D eigenvalue weighted by Gasteiger charge is 2.19. The number of halogens is 1. The number of rotatable bonds is 4. The van der Waals surface area contributed by atoms with Crippen molar-refractivity contribution in [2.45, 2.75) is 20.8 Å². The van der Waals surface area contributed by atoms with E-state index in [1.54, 1.807) is 6.92 Å². The molecule has 23 heavy (non-hydrogen) atoms. The number of hydrogen-bond acceptors (Lipinski definition) is 2. The number of fused-ring (bicyclic) bond motifs is 1. The monoisotopic (exact) mass is 327 g/mol. The molecule has 0 atom stereocenters. The van der Waals surface area contributed by atoms with Gasteiger partial charge in [0.1, 0.15) is 5.75 Å². The number of aromatic nitrogens is 1. The highest BCUT2D eigenvalue weighted by Crippen LogP contribution is 2.32. The Hall–Kier alpha value is -2.26. The minimum Gasteiger partial charge on any atom is -0.494 e. The molecule has 0 N–H and O–H groups in total.